The van der Waals surface area contributed by atoms with E-state index in [1.54, 1.807) is 12.5 Å². The molecule has 0 N–H and O–H groups in total. The van der Waals surface area contributed by atoms with Gasteiger partial charge in [0, 0.05) is 30.3 Å². The largest absolute Gasteiger partial charge is 0.278 e. The van der Waals surface area contributed by atoms with E-state index in [0.717, 1.165) is 23.8 Å². The number of nitrogens with zero attached hydrogens (tertiary/aromatic N) is 4. The second-order valence-corrected chi connectivity index (χ2v) is 3.45. The van der Waals surface area contributed by atoms with Crippen molar-refractivity contribution in [3.8, 4) is 5.13 Å². The van der Waals surface area contributed by atoms with E-state index in [1.807, 2.05) is 10.8 Å². The summed E-state index contributed by atoms with van der Waals surface area (Å²) in [4.78, 5) is 8.40. The molecule has 68 valence electrons. The van der Waals surface area contributed by atoms with E-state index < -0.39 is 0 Å². The summed E-state index contributed by atoms with van der Waals surface area (Å²) in [6.45, 7) is 2.14. The Labute approximate surface area is 80.4 Å². The van der Waals surface area contributed by atoms with E-state index in [2.05, 4.69) is 21.3 Å². The molecule has 13 heavy (non-hydrogen) atoms. The molecule has 0 fully saturated rings. The van der Waals surface area contributed by atoms with E-state index >= 15 is 0 Å². The summed E-state index contributed by atoms with van der Waals surface area (Å²) in [6.07, 6.45) is 7.36. The van der Waals surface area contributed by atoms with Crippen molar-refractivity contribution >= 4 is 11.5 Å². The van der Waals surface area contributed by atoms with Crippen LogP contribution in [0.3, 0.4) is 0 Å². The molecule has 0 atom stereocenters. The number of hydrogen-bond acceptors (Lipinski definition) is 4. The highest BCUT2D eigenvalue weighted by molar-refractivity contribution is 7.07. The van der Waals surface area contributed by atoms with Crippen LogP contribution in [0, 0.1) is 0 Å². The van der Waals surface area contributed by atoms with Gasteiger partial charge in [-0.2, -0.15) is 4.37 Å². The lowest BCUT2D eigenvalue weighted by atomic mass is 10.3. The minimum absolute atomic E-state index is 0.890. The topological polar surface area (TPSA) is 43.6 Å². The first-order chi connectivity index (χ1) is 6.42. The molecule has 0 radical (unpaired) electrons. The summed E-state index contributed by atoms with van der Waals surface area (Å²) in [7, 11) is 0. The molecule has 2 rings (SSSR count). The lowest BCUT2D eigenvalue weighted by Gasteiger charge is -2.00. The van der Waals surface area contributed by atoms with Crippen LogP contribution in [0.4, 0.5) is 0 Å². The zero-order chi connectivity index (χ0) is 9.10. The predicted octanol–water partition coefficient (Wildman–Crippen LogP) is 1.68. The van der Waals surface area contributed by atoms with Crippen molar-refractivity contribution in [3.63, 3.8) is 0 Å². The van der Waals surface area contributed by atoms with Gasteiger partial charge in [0.25, 0.3) is 0 Å². The Bertz CT molecular complexity index is 365. The lowest BCUT2D eigenvalue weighted by molar-refractivity contribution is 0.806. The van der Waals surface area contributed by atoms with Crippen molar-refractivity contribution in [2.45, 2.75) is 19.8 Å². The maximum absolute atomic E-state index is 4.26. The third-order valence-corrected chi connectivity index (χ3v) is 2.41. The van der Waals surface area contributed by atoms with Gasteiger partial charge in [-0.3, -0.25) is 4.57 Å². The Balaban J connectivity index is 2.35. The summed E-state index contributed by atoms with van der Waals surface area (Å²) >= 11 is 1.38. The fraction of sp³-hybridized carbons (Fsp3) is 0.375. The van der Waals surface area contributed by atoms with Gasteiger partial charge in [0.15, 0.2) is 0 Å². The molecule has 0 bridgehead atoms. The zero-order valence-electron chi connectivity index (χ0n) is 7.34. The maximum atomic E-state index is 4.26. The molecule has 0 amide bonds. The lowest BCUT2D eigenvalue weighted by Crippen LogP contribution is -1.99. The third kappa shape index (κ3) is 1.60. The molecule has 0 saturated heterocycles. The summed E-state index contributed by atoms with van der Waals surface area (Å²) in [6, 6.07) is 0. The molecule has 0 aromatic carbocycles. The van der Waals surface area contributed by atoms with Gasteiger partial charge in [-0.05, 0) is 6.42 Å². The number of rotatable bonds is 3. The van der Waals surface area contributed by atoms with Gasteiger partial charge >= 0.3 is 0 Å². The van der Waals surface area contributed by atoms with Gasteiger partial charge in [-0.1, -0.05) is 6.92 Å². The van der Waals surface area contributed by atoms with Crippen LogP contribution < -0.4 is 0 Å². The first-order valence-corrected chi connectivity index (χ1v) is 4.98. The highest BCUT2D eigenvalue weighted by Gasteiger charge is 2.05. The monoisotopic (exact) mass is 194 g/mol. The maximum Gasteiger partial charge on any atom is 0.214 e. The van der Waals surface area contributed by atoms with Crippen LogP contribution >= 0.6 is 11.5 Å². The molecule has 2 aromatic heterocycles. The highest BCUT2D eigenvalue weighted by atomic mass is 32.1. The summed E-state index contributed by atoms with van der Waals surface area (Å²) in [5, 5.41) is 0.890. The van der Waals surface area contributed by atoms with E-state index in [9.17, 15) is 0 Å². The average Bonchev–Trinajstić information content (AvgIpc) is 2.71. The molecular weight excluding hydrogens is 184 g/mol. The Morgan fingerprint density at radius 1 is 1.46 bits per heavy atom. The van der Waals surface area contributed by atoms with E-state index in [1.165, 1.54) is 11.5 Å². The molecular formula is C8H10N4S. The average molecular weight is 194 g/mol. The van der Waals surface area contributed by atoms with Crippen LogP contribution in [0.1, 0.15) is 19.2 Å². The first kappa shape index (κ1) is 8.37. The van der Waals surface area contributed by atoms with Crippen LogP contribution in [0.15, 0.2) is 18.7 Å². The molecule has 0 saturated carbocycles. The van der Waals surface area contributed by atoms with Crippen molar-refractivity contribution in [1.82, 2.24) is 18.9 Å². The second kappa shape index (κ2) is 3.66. The molecule has 5 heteroatoms. The van der Waals surface area contributed by atoms with Crippen LogP contribution in [0.5, 0.6) is 0 Å². The first-order valence-electron chi connectivity index (χ1n) is 4.21. The van der Waals surface area contributed by atoms with Crippen LogP contribution in [-0.2, 0) is 6.42 Å². The van der Waals surface area contributed by atoms with Crippen molar-refractivity contribution in [1.29, 1.82) is 0 Å². The third-order valence-electron chi connectivity index (χ3n) is 1.75. The number of imidazole rings is 1. The normalized spacial score (nSPS) is 10.5. The quantitative estimate of drug-likeness (QED) is 0.746. The Morgan fingerprint density at radius 2 is 2.38 bits per heavy atom. The van der Waals surface area contributed by atoms with Gasteiger partial charge in [0.2, 0.25) is 5.13 Å². The Kier molecular flexibility index (Phi) is 2.35. The smallest absolute Gasteiger partial charge is 0.214 e. The molecule has 2 aromatic rings. The Hall–Kier alpha value is -1.23. The van der Waals surface area contributed by atoms with E-state index in [0.29, 0.717) is 0 Å². The number of aryl methyl sites for hydroxylation is 1. The van der Waals surface area contributed by atoms with E-state index in [4.69, 9.17) is 0 Å². The highest BCUT2D eigenvalue weighted by Crippen LogP contribution is 2.11. The van der Waals surface area contributed by atoms with Gasteiger partial charge in [-0.25, -0.2) is 9.97 Å². The summed E-state index contributed by atoms with van der Waals surface area (Å²) < 4.78 is 5.95. The molecule has 0 spiro atoms. The summed E-state index contributed by atoms with van der Waals surface area (Å²) in [5.41, 5.74) is 0. The minimum atomic E-state index is 0.890. The fourth-order valence-corrected chi connectivity index (χ4v) is 1.73. The van der Waals surface area contributed by atoms with Crippen LogP contribution in [0.2, 0.25) is 0 Å². The SMILES string of the molecule is CCCc1nccn1-c1ncns1. The van der Waals surface area contributed by atoms with Gasteiger partial charge in [0.1, 0.15) is 12.2 Å². The van der Waals surface area contributed by atoms with Gasteiger partial charge in [0.05, 0.1) is 0 Å². The molecule has 2 heterocycles. The standard InChI is InChI=1S/C8H10N4S/c1-2-3-7-9-4-5-12(7)8-10-6-11-13-8/h4-6H,2-3H2,1H3. The van der Waals surface area contributed by atoms with Crippen molar-refractivity contribution in [2.24, 2.45) is 0 Å². The number of aromatic nitrogens is 4. The van der Waals surface area contributed by atoms with Crippen molar-refractivity contribution in [2.75, 3.05) is 0 Å². The summed E-state index contributed by atoms with van der Waals surface area (Å²) in [5.74, 6) is 1.05. The molecule has 4 nitrogen and oxygen atoms in total. The molecule has 0 aliphatic rings. The molecule has 0 aliphatic carbocycles. The Morgan fingerprint density at radius 3 is 3.08 bits per heavy atom. The molecule has 0 aliphatic heterocycles. The number of hydrogen-bond donors (Lipinski definition) is 0. The predicted molar refractivity (Wildman–Crippen MR) is 51.0 cm³/mol. The van der Waals surface area contributed by atoms with Gasteiger partial charge < -0.3 is 0 Å². The zero-order valence-corrected chi connectivity index (χ0v) is 8.16. The van der Waals surface area contributed by atoms with Gasteiger partial charge in [-0.15, -0.1) is 0 Å². The van der Waals surface area contributed by atoms with Crippen molar-refractivity contribution in [3.05, 3.63) is 24.5 Å². The second-order valence-electron chi connectivity index (χ2n) is 2.69. The van der Waals surface area contributed by atoms with E-state index in [-0.39, 0.29) is 0 Å². The fourth-order valence-electron chi connectivity index (χ4n) is 1.19. The van der Waals surface area contributed by atoms with Crippen molar-refractivity contribution < 1.29 is 0 Å². The van der Waals surface area contributed by atoms with Crippen LogP contribution in [-0.4, -0.2) is 18.9 Å². The molecule has 0 unspecified atom stereocenters. The minimum Gasteiger partial charge on any atom is -0.278 e. The van der Waals surface area contributed by atoms with Crippen LogP contribution in [0.25, 0.3) is 5.13 Å².